The average molecular weight is 411 g/mol. The number of carbonyl (C=O) groups excluding carboxylic acids is 1. The molecule has 1 aliphatic carbocycles. The maximum Gasteiger partial charge on any atom is 0.240 e. The predicted molar refractivity (Wildman–Crippen MR) is 111 cm³/mol. The highest BCUT2D eigenvalue weighted by atomic mass is 35.5. The molecule has 1 aromatic carbocycles. The first kappa shape index (κ1) is 19.6. The van der Waals surface area contributed by atoms with Gasteiger partial charge in [-0.2, -0.15) is 5.26 Å². The van der Waals surface area contributed by atoms with Gasteiger partial charge in [-0.05, 0) is 37.8 Å². The number of nitrogens with zero attached hydrogens (tertiary/aromatic N) is 4. The highest BCUT2D eigenvalue weighted by Crippen LogP contribution is 2.45. The topological polar surface area (TPSA) is 108 Å². The van der Waals surface area contributed by atoms with Crippen molar-refractivity contribution >= 4 is 23.3 Å². The normalized spacial score (nSPS) is 19.7. The number of aromatic nitrogens is 2. The van der Waals surface area contributed by atoms with Gasteiger partial charge in [0.15, 0.2) is 5.82 Å². The summed E-state index contributed by atoms with van der Waals surface area (Å²) in [7, 11) is 0. The summed E-state index contributed by atoms with van der Waals surface area (Å²) in [6, 6.07) is 7.96. The van der Waals surface area contributed by atoms with Gasteiger partial charge in [-0.15, -0.1) is 0 Å². The Bertz CT molecular complexity index is 997. The number of benzene rings is 1. The number of nitrogens with one attached hydrogen (secondary N) is 1. The molecule has 1 aliphatic heterocycles. The summed E-state index contributed by atoms with van der Waals surface area (Å²) in [6.45, 7) is 3.73. The van der Waals surface area contributed by atoms with Gasteiger partial charge in [-0.1, -0.05) is 23.7 Å². The number of hydrogen-bond donors (Lipinski definition) is 2. The lowest BCUT2D eigenvalue weighted by atomic mass is 10.1. The third-order valence-corrected chi connectivity index (χ3v) is 6.04. The standard InChI is InChI=1S/C21H23ClN6O/c1-13-2-3-14(8-17(13)22)18-25-9-15(10-26-20(29)21(12-23)5-6-21)19(27-18)28-7-4-16(24)11-28/h2-3,8-9,16H,4-7,10-11,24H2,1H3,(H,26,29)/t16-/m0/s1. The Morgan fingerprint density at radius 3 is 2.90 bits per heavy atom. The minimum Gasteiger partial charge on any atom is -0.355 e. The first-order valence-electron chi connectivity index (χ1n) is 9.74. The van der Waals surface area contributed by atoms with Gasteiger partial charge in [0.2, 0.25) is 5.91 Å². The fourth-order valence-corrected chi connectivity index (χ4v) is 3.69. The van der Waals surface area contributed by atoms with Crippen LogP contribution in [0, 0.1) is 23.7 Å². The van der Waals surface area contributed by atoms with E-state index in [4.69, 9.17) is 22.3 Å². The number of halogens is 1. The molecule has 2 heterocycles. The van der Waals surface area contributed by atoms with E-state index in [1.54, 1.807) is 6.20 Å². The number of anilines is 1. The minimum absolute atomic E-state index is 0.0954. The molecule has 2 aliphatic rings. The molecule has 0 spiro atoms. The Kier molecular flexibility index (Phi) is 5.15. The Balaban J connectivity index is 1.62. The van der Waals surface area contributed by atoms with E-state index in [-0.39, 0.29) is 18.5 Å². The summed E-state index contributed by atoms with van der Waals surface area (Å²) in [5, 5.41) is 12.8. The zero-order valence-corrected chi connectivity index (χ0v) is 17.0. The Hall–Kier alpha value is -2.69. The van der Waals surface area contributed by atoms with Crippen LogP contribution in [0.3, 0.4) is 0 Å². The molecular weight excluding hydrogens is 388 g/mol. The van der Waals surface area contributed by atoms with Gasteiger partial charge < -0.3 is 16.0 Å². The van der Waals surface area contributed by atoms with E-state index >= 15 is 0 Å². The molecule has 1 amide bonds. The van der Waals surface area contributed by atoms with Crippen LogP contribution in [0.25, 0.3) is 11.4 Å². The predicted octanol–water partition coefficient (Wildman–Crippen LogP) is 2.56. The van der Waals surface area contributed by atoms with Gasteiger partial charge >= 0.3 is 0 Å². The highest BCUT2D eigenvalue weighted by molar-refractivity contribution is 6.31. The third kappa shape index (κ3) is 3.91. The van der Waals surface area contributed by atoms with Crippen molar-refractivity contribution < 1.29 is 4.79 Å². The molecule has 8 heteroatoms. The second kappa shape index (κ2) is 7.62. The molecule has 2 fully saturated rings. The fraction of sp³-hybridized carbons (Fsp3) is 0.429. The lowest BCUT2D eigenvalue weighted by Gasteiger charge is -2.21. The summed E-state index contributed by atoms with van der Waals surface area (Å²) in [6.07, 6.45) is 3.86. The van der Waals surface area contributed by atoms with Gasteiger partial charge in [0.1, 0.15) is 11.2 Å². The molecule has 3 N–H and O–H groups in total. The largest absolute Gasteiger partial charge is 0.355 e. The van der Waals surface area contributed by atoms with Crippen LogP contribution in [-0.4, -0.2) is 35.0 Å². The van der Waals surface area contributed by atoms with E-state index in [2.05, 4.69) is 21.3 Å². The summed E-state index contributed by atoms with van der Waals surface area (Å²) < 4.78 is 0. The van der Waals surface area contributed by atoms with Crippen molar-refractivity contribution in [3.05, 3.63) is 40.5 Å². The zero-order valence-electron chi connectivity index (χ0n) is 16.3. The van der Waals surface area contributed by atoms with Crippen LogP contribution >= 0.6 is 11.6 Å². The smallest absolute Gasteiger partial charge is 0.240 e. The van der Waals surface area contributed by atoms with E-state index < -0.39 is 5.41 Å². The number of aryl methyl sites for hydroxylation is 1. The number of nitrogens with two attached hydrogens (primary N) is 1. The molecule has 7 nitrogen and oxygen atoms in total. The van der Waals surface area contributed by atoms with Gasteiger partial charge in [0.25, 0.3) is 0 Å². The van der Waals surface area contributed by atoms with Crippen LogP contribution in [0.2, 0.25) is 5.02 Å². The van der Waals surface area contributed by atoms with Crippen LogP contribution in [0.1, 0.15) is 30.4 Å². The van der Waals surface area contributed by atoms with Crippen molar-refractivity contribution in [1.82, 2.24) is 15.3 Å². The monoisotopic (exact) mass is 410 g/mol. The molecule has 0 unspecified atom stereocenters. The molecule has 4 rings (SSSR count). The van der Waals surface area contributed by atoms with Crippen LogP contribution in [0.15, 0.2) is 24.4 Å². The van der Waals surface area contributed by atoms with Crippen molar-refractivity contribution in [2.24, 2.45) is 11.1 Å². The van der Waals surface area contributed by atoms with E-state index in [0.29, 0.717) is 30.2 Å². The van der Waals surface area contributed by atoms with Crippen LogP contribution < -0.4 is 16.0 Å². The van der Waals surface area contributed by atoms with Crippen molar-refractivity contribution in [3.63, 3.8) is 0 Å². The molecule has 1 atom stereocenters. The molecule has 2 aromatic rings. The molecule has 150 valence electrons. The highest BCUT2D eigenvalue weighted by Gasteiger charge is 2.50. The summed E-state index contributed by atoms with van der Waals surface area (Å²) in [5.74, 6) is 1.12. The third-order valence-electron chi connectivity index (χ3n) is 5.63. The number of amides is 1. The van der Waals surface area contributed by atoms with Gasteiger partial charge in [0.05, 0.1) is 6.07 Å². The molecule has 1 aromatic heterocycles. The second-order valence-electron chi connectivity index (χ2n) is 7.88. The number of carbonyl (C=O) groups is 1. The number of rotatable bonds is 5. The molecule has 1 saturated carbocycles. The summed E-state index contributed by atoms with van der Waals surface area (Å²) in [4.78, 5) is 23.8. The Labute approximate surface area is 174 Å². The molecule has 0 bridgehead atoms. The van der Waals surface area contributed by atoms with Crippen molar-refractivity contribution in [1.29, 1.82) is 5.26 Å². The van der Waals surface area contributed by atoms with Crippen molar-refractivity contribution in [3.8, 4) is 17.5 Å². The van der Waals surface area contributed by atoms with Gasteiger partial charge in [-0.25, -0.2) is 9.97 Å². The van der Waals surface area contributed by atoms with E-state index in [9.17, 15) is 10.1 Å². The number of nitriles is 1. The zero-order chi connectivity index (χ0) is 20.6. The van der Waals surface area contributed by atoms with Gasteiger partial charge in [0, 0.05) is 48.0 Å². The quantitative estimate of drug-likeness (QED) is 0.784. The van der Waals surface area contributed by atoms with Crippen LogP contribution in [-0.2, 0) is 11.3 Å². The van der Waals surface area contributed by atoms with E-state index in [0.717, 1.165) is 35.5 Å². The summed E-state index contributed by atoms with van der Waals surface area (Å²) >= 11 is 6.27. The molecule has 1 saturated heterocycles. The van der Waals surface area contributed by atoms with Crippen LogP contribution in [0.5, 0.6) is 0 Å². The van der Waals surface area contributed by atoms with Gasteiger partial charge in [-0.3, -0.25) is 4.79 Å². The molecule has 0 radical (unpaired) electrons. The first-order valence-corrected chi connectivity index (χ1v) is 10.1. The molecular formula is C21H23ClN6O. The average Bonchev–Trinajstić information content (AvgIpc) is 3.42. The maximum absolute atomic E-state index is 12.4. The Morgan fingerprint density at radius 2 is 2.28 bits per heavy atom. The van der Waals surface area contributed by atoms with E-state index in [1.165, 1.54) is 0 Å². The summed E-state index contributed by atoms with van der Waals surface area (Å²) in [5.41, 5.74) is 7.88. The maximum atomic E-state index is 12.4. The minimum atomic E-state index is -0.852. The first-order chi connectivity index (χ1) is 13.9. The molecule has 29 heavy (non-hydrogen) atoms. The second-order valence-corrected chi connectivity index (χ2v) is 8.28. The van der Waals surface area contributed by atoms with E-state index in [1.807, 2.05) is 25.1 Å². The number of hydrogen-bond acceptors (Lipinski definition) is 6. The fourth-order valence-electron chi connectivity index (χ4n) is 3.51. The van der Waals surface area contributed by atoms with Crippen molar-refractivity contribution in [2.45, 2.75) is 38.8 Å². The Morgan fingerprint density at radius 1 is 1.48 bits per heavy atom. The SMILES string of the molecule is Cc1ccc(-c2ncc(CNC(=O)C3(C#N)CC3)c(N3CC[C@H](N)C3)n2)cc1Cl. The van der Waals surface area contributed by atoms with Crippen molar-refractivity contribution in [2.75, 3.05) is 18.0 Å². The lowest BCUT2D eigenvalue weighted by molar-refractivity contribution is -0.124. The van der Waals surface area contributed by atoms with Crippen LogP contribution in [0.4, 0.5) is 5.82 Å². The lowest BCUT2D eigenvalue weighted by Crippen LogP contribution is -2.32.